The highest BCUT2D eigenvalue weighted by Crippen LogP contribution is 2.25. The summed E-state index contributed by atoms with van der Waals surface area (Å²) in [6.07, 6.45) is 3.09. The van der Waals surface area contributed by atoms with Crippen molar-refractivity contribution in [3.8, 4) is 0 Å². The first-order valence-corrected chi connectivity index (χ1v) is 5.97. The third-order valence-electron chi connectivity index (χ3n) is 2.95. The minimum absolute atomic E-state index is 0.197. The SMILES string of the molecule is CCCn1cnc2cc(C(C)(C)C)ccc21. The normalized spacial score (nSPS) is 12.2. The highest BCUT2D eigenvalue weighted by Gasteiger charge is 2.14. The van der Waals surface area contributed by atoms with E-state index in [0.29, 0.717) is 0 Å². The summed E-state index contributed by atoms with van der Waals surface area (Å²) in [4.78, 5) is 4.47. The Morgan fingerprint density at radius 3 is 2.62 bits per heavy atom. The molecule has 0 bridgehead atoms. The Morgan fingerprint density at radius 1 is 1.25 bits per heavy atom. The van der Waals surface area contributed by atoms with Crippen molar-refractivity contribution >= 4 is 11.0 Å². The highest BCUT2D eigenvalue weighted by molar-refractivity contribution is 5.76. The van der Waals surface area contributed by atoms with Crippen molar-refractivity contribution in [3.63, 3.8) is 0 Å². The molecule has 1 aromatic carbocycles. The van der Waals surface area contributed by atoms with Gasteiger partial charge in [0.25, 0.3) is 0 Å². The van der Waals surface area contributed by atoms with Crippen LogP contribution in [0.2, 0.25) is 0 Å². The van der Waals surface area contributed by atoms with Crippen molar-refractivity contribution in [2.45, 2.75) is 46.1 Å². The summed E-state index contributed by atoms with van der Waals surface area (Å²) < 4.78 is 2.22. The maximum absolute atomic E-state index is 4.47. The van der Waals surface area contributed by atoms with Crippen LogP contribution in [0.1, 0.15) is 39.7 Å². The van der Waals surface area contributed by atoms with E-state index in [0.717, 1.165) is 18.5 Å². The molecule has 0 aliphatic rings. The summed E-state index contributed by atoms with van der Waals surface area (Å²) in [6.45, 7) is 9.94. The van der Waals surface area contributed by atoms with Crippen molar-refractivity contribution in [2.24, 2.45) is 0 Å². The number of benzene rings is 1. The molecule has 0 aliphatic carbocycles. The van der Waals surface area contributed by atoms with Crippen LogP contribution in [-0.4, -0.2) is 9.55 Å². The number of hydrogen-bond acceptors (Lipinski definition) is 1. The molecule has 2 aromatic rings. The van der Waals surface area contributed by atoms with Gasteiger partial charge in [-0.05, 0) is 29.5 Å². The Kier molecular flexibility index (Phi) is 2.75. The second-order valence-electron chi connectivity index (χ2n) is 5.39. The lowest BCUT2D eigenvalue weighted by Gasteiger charge is -2.18. The van der Waals surface area contributed by atoms with Gasteiger partial charge in [0.2, 0.25) is 0 Å². The molecule has 0 saturated heterocycles. The van der Waals surface area contributed by atoms with Gasteiger partial charge in [-0.3, -0.25) is 0 Å². The van der Waals surface area contributed by atoms with Crippen molar-refractivity contribution < 1.29 is 0 Å². The largest absolute Gasteiger partial charge is 0.331 e. The van der Waals surface area contributed by atoms with Crippen LogP contribution >= 0.6 is 0 Å². The van der Waals surface area contributed by atoms with Crippen LogP contribution in [0.3, 0.4) is 0 Å². The zero-order chi connectivity index (χ0) is 11.8. The average molecular weight is 216 g/mol. The molecule has 0 atom stereocenters. The average Bonchev–Trinajstić information content (AvgIpc) is 2.60. The van der Waals surface area contributed by atoms with Crippen molar-refractivity contribution in [3.05, 3.63) is 30.1 Å². The van der Waals surface area contributed by atoms with Crippen LogP contribution in [-0.2, 0) is 12.0 Å². The molecule has 0 amide bonds. The van der Waals surface area contributed by atoms with Crippen LogP contribution < -0.4 is 0 Å². The Bertz CT molecular complexity index is 489. The number of aryl methyl sites for hydroxylation is 1. The maximum Gasteiger partial charge on any atom is 0.0958 e. The summed E-state index contributed by atoms with van der Waals surface area (Å²) in [7, 11) is 0. The molecule has 86 valence electrons. The number of fused-ring (bicyclic) bond motifs is 1. The first kappa shape index (κ1) is 11.2. The van der Waals surface area contributed by atoms with E-state index >= 15 is 0 Å². The first-order chi connectivity index (χ1) is 7.52. The predicted octanol–water partition coefficient (Wildman–Crippen LogP) is 3.74. The van der Waals surface area contributed by atoms with Gasteiger partial charge in [-0.25, -0.2) is 4.98 Å². The molecular formula is C14H20N2. The molecule has 0 N–H and O–H groups in total. The quantitative estimate of drug-likeness (QED) is 0.747. The molecule has 1 aromatic heterocycles. The lowest BCUT2D eigenvalue weighted by Crippen LogP contribution is -2.10. The van der Waals surface area contributed by atoms with Crippen LogP contribution in [0.25, 0.3) is 11.0 Å². The van der Waals surface area contributed by atoms with Gasteiger partial charge in [-0.15, -0.1) is 0 Å². The molecule has 2 heteroatoms. The number of rotatable bonds is 2. The third-order valence-corrected chi connectivity index (χ3v) is 2.95. The second kappa shape index (κ2) is 3.93. The van der Waals surface area contributed by atoms with E-state index in [2.05, 4.69) is 55.4 Å². The zero-order valence-corrected chi connectivity index (χ0v) is 10.6. The molecule has 0 spiro atoms. The fourth-order valence-corrected chi connectivity index (χ4v) is 1.95. The number of imidazole rings is 1. The minimum atomic E-state index is 0.197. The zero-order valence-electron chi connectivity index (χ0n) is 10.6. The van der Waals surface area contributed by atoms with E-state index < -0.39 is 0 Å². The van der Waals surface area contributed by atoms with Crippen LogP contribution in [0, 0.1) is 0 Å². The van der Waals surface area contributed by atoms with Crippen molar-refractivity contribution in [1.29, 1.82) is 0 Å². The van der Waals surface area contributed by atoms with Gasteiger partial charge in [-0.1, -0.05) is 33.8 Å². The third kappa shape index (κ3) is 1.97. The van der Waals surface area contributed by atoms with Crippen molar-refractivity contribution in [1.82, 2.24) is 9.55 Å². The second-order valence-corrected chi connectivity index (χ2v) is 5.39. The van der Waals surface area contributed by atoms with Crippen LogP contribution in [0.5, 0.6) is 0 Å². The van der Waals surface area contributed by atoms with Gasteiger partial charge in [0.05, 0.1) is 17.4 Å². The maximum atomic E-state index is 4.47. The smallest absolute Gasteiger partial charge is 0.0958 e. The molecule has 1 heterocycles. The standard InChI is InChI=1S/C14H20N2/c1-5-8-16-10-15-12-9-11(14(2,3)4)6-7-13(12)16/h6-7,9-10H,5,8H2,1-4H3. The molecule has 0 unspecified atom stereocenters. The number of nitrogens with zero attached hydrogens (tertiary/aromatic N) is 2. The molecular weight excluding hydrogens is 196 g/mol. The first-order valence-electron chi connectivity index (χ1n) is 5.97. The molecule has 0 aliphatic heterocycles. The fraction of sp³-hybridized carbons (Fsp3) is 0.500. The van der Waals surface area contributed by atoms with E-state index in [-0.39, 0.29) is 5.41 Å². The van der Waals surface area contributed by atoms with Crippen LogP contribution in [0.15, 0.2) is 24.5 Å². The van der Waals surface area contributed by atoms with E-state index in [1.807, 2.05) is 6.33 Å². The molecule has 2 rings (SSSR count). The summed E-state index contributed by atoms with van der Waals surface area (Å²) in [5, 5.41) is 0. The summed E-state index contributed by atoms with van der Waals surface area (Å²) in [5.41, 5.74) is 3.90. The van der Waals surface area contributed by atoms with Gasteiger partial charge in [0.15, 0.2) is 0 Å². The van der Waals surface area contributed by atoms with Crippen molar-refractivity contribution in [2.75, 3.05) is 0 Å². The fourth-order valence-electron chi connectivity index (χ4n) is 1.95. The summed E-state index contributed by atoms with van der Waals surface area (Å²) in [6, 6.07) is 6.62. The molecule has 2 nitrogen and oxygen atoms in total. The molecule has 0 saturated carbocycles. The van der Waals surface area contributed by atoms with Gasteiger partial charge >= 0.3 is 0 Å². The Labute approximate surface area is 97.3 Å². The Morgan fingerprint density at radius 2 is 2.00 bits per heavy atom. The Balaban J connectivity index is 2.49. The van der Waals surface area contributed by atoms with E-state index in [1.165, 1.54) is 11.1 Å². The van der Waals surface area contributed by atoms with Gasteiger partial charge in [0.1, 0.15) is 0 Å². The van der Waals surface area contributed by atoms with Gasteiger partial charge in [0, 0.05) is 6.54 Å². The number of aromatic nitrogens is 2. The van der Waals surface area contributed by atoms with E-state index in [9.17, 15) is 0 Å². The summed E-state index contributed by atoms with van der Waals surface area (Å²) in [5.74, 6) is 0. The van der Waals surface area contributed by atoms with Crippen LogP contribution in [0.4, 0.5) is 0 Å². The topological polar surface area (TPSA) is 17.8 Å². The van der Waals surface area contributed by atoms with E-state index in [1.54, 1.807) is 0 Å². The summed E-state index contributed by atoms with van der Waals surface area (Å²) >= 11 is 0. The molecule has 0 radical (unpaired) electrons. The molecule has 16 heavy (non-hydrogen) atoms. The minimum Gasteiger partial charge on any atom is -0.331 e. The number of hydrogen-bond donors (Lipinski definition) is 0. The highest BCUT2D eigenvalue weighted by atomic mass is 15.0. The predicted molar refractivity (Wildman–Crippen MR) is 68.7 cm³/mol. The van der Waals surface area contributed by atoms with Gasteiger partial charge in [-0.2, -0.15) is 0 Å². The Hall–Kier alpha value is -1.31. The van der Waals surface area contributed by atoms with Gasteiger partial charge < -0.3 is 4.57 Å². The molecule has 0 fully saturated rings. The monoisotopic (exact) mass is 216 g/mol. The van der Waals surface area contributed by atoms with E-state index in [4.69, 9.17) is 0 Å². The lowest BCUT2D eigenvalue weighted by atomic mass is 9.87. The lowest BCUT2D eigenvalue weighted by molar-refractivity contribution is 0.591.